The number of carbonyl (C=O) groups excluding carboxylic acids is 3. The number of ether oxygens (including phenoxy) is 1. The van der Waals surface area contributed by atoms with Crippen molar-refractivity contribution < 1.29 is 19.1 Å². The summed E-state index contributed by atoms with van der Waals surface area (Å²) in [6, 6.07) is 3.84. The highest BCUT2D eigenvalue weighted by molar-refractivity contribution is 7.80. The number of hydrogen-bond donors (Lipinski definition) is 3. The molecule has 0 fully saturated rings. The number of alkyl carbamates (subject to hydrolysis) is 1. The van der Waals surface area contributed by atoms with Gasteiger partial charge in [0.2, 0.25) is 11.8 Å². The standard InChI is InChI=1S/C26H43N3O4S/c1-9-11-14-27-23(30)22(20-13-12-17(3)15-18(20)4)29(19(5)10-2)24(31)21(16-34)28-25(32)33-26(6,7)8/h12-13,15,19,21-22,34H,9-11,14,16H2,1-8H3,(H,27,30)(H,28,32). The zero-order chi connectivity index (χ0) is 26.1. The molecule has 7 nitrogen and oxygen atoms in total. The number of benzene rings is 1. The van der Waals surface area contributed by atoms with Crippen LogP contribution in [-0.4, -0.2) is 52.8 Å². The third-order valence-electron chi connectivity index (χ3n) is 5.57. The van der Waals surface area contributed by atoms with E-state index < -0.39 is 23.8 Å². The first kappa shape index (κ1) is 29.8. The average molecular weight is 494 g/mol. The fourth-order valence-corrected chi connectivity index (χ4v) is 3.89. The molecule has 0 heterocycles. The third kappa shape index (κ3) is 8.85. The Morgan fingerprint density at radius 1 is 1.15 bits per heavy atom. The van der Waals surface area contributed by atoms with Gasteiger partial charge < -0.3 is 20.3 Å². The van der Waals surface area contributed by atoms with Gasteiger partial charge in [0.15, 0.2) is 0 Å². The van der Waals surface area contributed by atoms with Gasteiger partial charge in [-0.1, -0.05) is 44.0 Å². The Morgan fingerprint density at radius 3 is 2.29 bits per heavy atom. The average Bonchev–Trinajstić information content (AvgIpc) is 2.74. The Hall–Kier alpha value is -2.22. The summed E-state index contributed by atoms with van der Waals surface area (Å²) in [6.07, 6.45) is 1.74. The largest absolute Gasteiger partial charge is 0.444 e. The molecule has 2 N–H and O–H groups in total. The summed E-state index contributed by atoms with van der Waals surface area (Å²) < 4.78 is 5.34. The van der Waals surface area contributed by atoms with Crippen LogP contribution < -0.4 is 10.6 Å². The fraction of sp³-hybridized carbons (Fsp3) is 0.654. The molecular formula is C26H43N3O4S. The molecule has 0 spiro atoms. The first-order valence-electron chi connectivity index (χ1n) is 12.1. The molecule has 192 valence electrons. The molecule has 0 saturated carbocycles. The summed E-state index contributed by atoms with van der Waals surface area (Å²) in [5.74, 6) is -0.530. The summed E-state index contributed by atoms with van der Waals surface area (Å²) in [7, 11) is 0. The maximum absolute atomic E-state index is 13.8. The van der Waals surface area contributed by atoms with Gasteiger partial charge in [-0.15, -0.1) is 0 Å². The molecule has 0 saturated heterocycles. The van der Waals surface area contributed by atoms with Crippen molar-refractivity contribution in [3.63, 3.8) is 0 Å². The lowest BCUT2D eigenvalue weighted by Crippen LogP contribution is -2.56. The molecule has 1 rings (SSSR count). The summed E-state index contributed by atoms with van der Waals surface area (Å²) in [6.45, 7) is 15.7. The molecule has 1 aromatic carbocycles. The van der Waals surface area contributed by atoms with Crippen molar-refractivity contribution in [1.29, 1.82) is 0 Å². The molecule has 0 aliphatic heterocycles. The minimum Gasteiger partial charge on any atom is -0.444 e. The first-order chi connectivity index (χ1) is 15.9. The highest BCUT2D eigenvalue weighted by atomic mass is 32.1. The van der Waals surface area contributed by atoms with E-state index in [1.807, 2.05) is 45.9 Å². The molecule has 3 unspecified atom stereocenters. The Balaban J connectivity index is 3.44. The van der Waals surface area contributed by atoms with Crippen LogP contribution in [0.3, 0.4) is 0 Å². The molecule has 0 aromatic heterocycles. The molecule has 3 atom stereocenters. The van der Waals surface area contributed by atoms with E-state index in [1.165, 1.54) is 0 Å². The van der Waals surface area contributed by atoms with Gasteiger partial charge in [-0.05, 0) is 65.5 Å². The summed E-state index contributed by atoms with van der Waals surface area (Å²) in [4.78, 5) is 41.3. The molecule has 0 aliphatic rings. The van der Waals surface area contributed by atoms with Crippen molar-refractivity contribution in [1.82, 2.24) is 15.5 Å². The van der Waals surface area contributed by atoms with E-state index in [0.29, 0.717) is 13.0 Å². The van der Waals surface area contributed by atoms with Crippen LogP contribution in [0.5, 0.6) is 0 Å². The summed E-state index contributed by atoms with van der Waals surface area (Å²) in [5.41, 5.74) is 2.07. The zero-order valence-corrected chi connectivity index (χ0v) is 22.9. The monoisotopic (exact) mass is 493 g/mol. The summed E-state index contributed by atoms with van der Waals surface area (Å²) >= 11 is 4.33. The fourth-order valence-electron chi connectivity index (χ4n) is 3.65. The maximum atomic E-state index is 13.8. The topological polar surface area (TPSA) is 87.7 Å². The molecule has 3 amide bonds. The molecule has 34 heavy (non-hydrogen) atoms. The van der Waals surface area contributed by atoms with E-state index >= 15 is 0 Å². The number of thiol groups is 1. The first-order valence-corrected chi connectivity index (χ1v) is 12.8. The van der Waals surface area contributed by atoms with Gasteiger partial charge in [0.25, 0.3) is 0 Å². The number of aryl methyl sites for hydroxylation is 2. The van der Waals surface area contributed by atoms with Crippen LogP contribution in [0.2, 0.25) is 0 Å². The van der Waals surface area contributed by atoms with Gasteiger partial charge in [0.1, 0.15) is 17.7 Å². The van der Waals surface area contributed by atoms with E-state index in [1.54, 1.807) is 25.7 Å². The van der Waals surface area contributed by atoms with Gasteiger partial charge in [-0.25, -0.2) is 4.79 Å². The van der Waals surface area contributed by atoms with Crippen LogP contribution in [0.4, 0.5) is 4.79 Å². The van der Waals surface area contributed by atoms with Crippen molar-refractivity contribution in [3.8, 4) is 0 Å². The van der Waals surface area contributed by atoms with Gasteiger partial charge in [-0.3, -0.25) is 9.59 Å². The quantitative estimate of drug-likeness (QED) is 0.308. The number of unbranched alkanes of at least 4 members (excludes halogenated alkanes) is 1. The molecule has 8 heteroatoms. The number of nitrogens with zero attached hydrogens (tertiary/aromatic N) is 1. The number of rotatable bonds is 11. The van der Waals surface area contributed by atoms with Crippen molar-refractivity contribution in [2.45, 2.75) is 98.4 Å². The lowest BCUT2D eigenvalue weighted by molar-refractivity contribution is -0.144. The Labute approximate surface area is 210 Å². The van der Waals surface area contributed by atoms with Crippen LogP contribution in [0, 0.1) is 13.8 Å². The minimum atomic E-state index is -0.941. The van der Waals surface area contributed by atoms with E-state index in [-0.39, 0.29) is 23.6 Å². The van der Waals surface area contributed by atoms with Gasteiger partial charge in [0.05, 0.1) is 0 Å². The van der Waals surface area contributed by atoms with Gasteiger partial charge in [-0.2, -0.15) is 12.6 Å². The smallest absolute Gasteiger partial charge is 0.408 e. The lowest BCUT2D eigenvalue weighted by Gasteiger charge is -2.38. The number of amides is 3. The van der Waals surface area contributed by atoms with Gasteiger partial charge >= 0.3 is 6.09 Å². The zero-order valence-electron chi connectivity index (χ0n) is 22.0. The molecular weight excluding hydrogens is 450 g/mol. The van der Waals surface area contributed by atoms with Crippen LogP contribution in [0.15, 0.2) is 18.2 Å². The predicted molar refractivity (Wildman–Crippen MR) is 140 cm³/mol. The second-order valence-electron chi connectivity index (χ2n) is 9.79. The normalized spacial score (nSPS) is 14.0. The number of carbonyl (C=O) groups is 3. The molecule has 0 bridgehead atoms. The Morgan fingerprint density at radius 2 is 1.79 bits per heavy atom. The van der Waals surface area contributed by atoms with E-state index in [9.17, 15) is 14.4 Å². The summed E-state index contributed by atoms with van der Waals surface area (Å²) in [5, 5.41) is 5.65. The van der Waals surface area contributed by atoms with E-state index in [0.717, 1.165) is 29.5 Å². The highest BCUT2D eigenvalue weighted by Gasteiger charge is 2.38. The minimum absolute atomic E-state index is 0.0715. The Kier molecular flexibility index (Phi) is 11.9. The second-order valence-corrected chi connectivity index (χ2v) is 10.2. The number of hydrogen-bond acceptors (Lipinski definition) is 5. The van der Waals surface area contributed by atoms with Crippen molar-refractivity contribution >= 4 is 30.5 Å². The molecule has 0 aliphatic carbocycles. The Bertz CT molecular complexity index is 838. The van der Waals surface area contributed by atoms with Gasteiger partial charge in [0, 0.05) is 18.3 Å². The third-order valence-corrected chi connectivity index (χ3v) is 5.93. The number of nitrogens with one attached hydrogen (secondary N) is 2. The SMILES string of the molecule is CCCCNC(=O)C(c1ccc(C)cc1C)N(C(=O)C(CS)NC(=O)OC(C)(C)C)C(C)CC. The van der Waals surface area contributed by atoms with Crippen LogP contribution in [0.1, 0.15) is 83.5 Å². The van der Waals surface area contributed by atoms with Crippen LogP contribution in [-0.2, 0) is 14.3 Å². The van der Waals surface area contributed by atoms with E-state index in [4.69, 9.17) is 4.74 Å². The van der Waals surface area contributed by atoms with Crippen molar-refractivity contribution in [3.05, 3.63) is 34.9 Å². The maximum Gasteiger partial charge on any atom is 0.408 e. The molecule has 1 aromatic rings. The van der Waals surface area contributed by atoms with Crippen LogP contribution in [0.25, 0.3) is 0 Å². The van der Waals surface area contributed by atoms with E-state index in [2.05, 4.69) is 30.2 Å². The molecule has 0 radical (unpaired) electrons. The van der Waals surface area contributed by atoms with Crippen LogP contribution >= 0.6 is 12.6 Å². The van der Waals surface area contributed by atoms with Crippen molar-refractivity contribution in [2.24, 2.45) is 0 Å². The highest BCUT2D eigenvalue weighted by Crippen LogP contribution is 2.29. The predicted octanol–water partition coefficient (Wildman–Crippen LogP) is 4.71. The van der Waals surface area contributed by atoms with Crippen molar-refractivity contribution in [2.75, 3.05) is 12.3 Å². The lowest BCUT2D eigenvalue weighted by atomic mass is 9.95. The second kappa shape index (κ2) is 13.6.